The first-order valence-corrected chi connectivity index (χ1v) is 8.67. The Labute approximate surface area is 146 Å². The summed E-state index contributed by atoms with van der Waals surface area (Å²) < 4.78 is 1.78. The number of aromatic nitrogens is 2. The van der Waals surface area contributed by atoms with Crippen molar-refractivity contribution in [2.75, 3.05) is 13.1 Å². The van der Waals surface area contributed by atoms with E-state index in [4.69, 9.17) is 5.11 Å². The van der Waals surface area contributed by atoms with Crippen LogP contribution in [0.4, 0.5) is 0 Å². The summed E-state index contributed by atoms with van der Waals surface area (Å²) in [6, 6.07) is 9.71. The van der Waals surface area contributed by atoms with Gasteiger partial charge in [0.05, 0.1) is 18.0 Å². The Balaban J connectivity index is 1.33. The molecule has 1 aromatic carbocycles. The highest BCUT2D eigenvalue weighted by Gasteiger charge is 2.59. The van der Waals surface area contributed by atoms with Crippen LogP contribution in [0.15, 0.2) is 42.7 Å². The summed E-state index contributed by atoms with van der Waals surface area (Å²) in [6.45, 7) is 1.35. The first-order valence-electron chi connectivity index (χ1n) is 8.67. The third kappa shape index (κ3) is 3.04. The smallest absolute Gasteiger partial charge is 0.307 e. The van der Waals surface area contributed by atoms with Gasteiger partial charge >= 0.3 is 5.97 Å². The molecule has 2 aromatic rings. The van der Waals surface area contributed by atoms with Gasteiger partial charge in [0.15, 0.2) is 0 Å². The lowest BCUT2D eigenvalue weighted by atomic mass is 9.90. The molecule has 1 unspecified atom stereocenters. The number of amides is 1. The number of carbonyl (C=O) groups excluding carboxylic acids is 1. The molecule has 1 saturated heterocycles. The Morgan fingerprint density at radius 1 is 1.20 bits per heavy atom. The largest absolute Gasteiger partial charge is 0.481 e. The Morgan fingerprint density at radius 2 is 1.92 bits per heavy atom. The van der Waals surface area contributed by atoms with Gasteiger partial charge in [-0.2, -0.15) is 5.10 Å². The summed E-state index contributed by atoms with van der Waals surface area (Å²) >= 11 is 0. The minimum atomic E-state index is -0.683. The fourth-order valence-electron chi connectivity index (χ4n) is 3.93. The number of rotatable bonds is 4. The van der Waals surface area contributed by atoms with Crippen molar-refractivity contribution in [3.63, 3.8) is 0 Å². The summed E-state index contributed by atoms with van der Waals surface area (Å²) in [5.74, 6) is -0.758. The molecule has 1 aromatic heterocycles. The van der Waals surface area contributed by atoms with Crippen molar-refractivity contribution in [2.45, 2.75) is 25.7 Å². The molecular weight excluding hydrogens is 318 g/mol. The van der Waals surface area contributed by atoms with Crippen molar-refractivity contribution in [1.82, 2.24) is 14.7 Å². The second-order valence-electron chi connectivity index (χ2n) is 7.13. The fourth-order valence-corrected chi connectivity index (χ4v) is 3.93. The highest BCUT2D eigenvalue weighted by atomic mass is 16.4. The molecule has 1 atom stereocenters. The molecule has 1 amide bonds. The van der Waals surface area contributed by atoms with E-state index in [1.165, 1.54) is 0 Å². The number of carboxylic acid groups (broad SMARTS) is 1. The first-order chi connectivity index (χ1) is 12.1. The Hall–Kier alpha value is -2.63. The maximum Gasteiger partial charge on any atom is 0.307 e. The lowest BCUT2D eigenvalue weighted by Gasteiger charge is -2.32. The van der Waals surface area contributed by atoms with Crippen LogP contribution in [0, 0.1) is 11.3 Å². The number of carboxylic acids is 1. The van der Waals surface area contributed by atoms with E-state index in [0.29, 0.717) is 19.5 Å². The van der Waals surface area contributed by atoms with E-state index in [1.54, 1.807) is 10.9 Å². The molecule has 2 aliphatic rings. The summed E-state index contributed by atoms with van der Waals surface area (Å²) in [6.07, 6.45) is 6.40. The maximum absolute atomic E-state index is 12.5. The van der Waals surface area contributed by atoms with E-state index in [0.717, 1.165) is 30.5 Å². The van der Waals surface area contributed by atoms with E-state index in [2.05, 4.69) is 5.10 Å². The zero-order valence-electron chi connectivity index (χ0n) is 14.0. The maximum atomic E-state index is 12.5. The molecule has 130 valence electrons. The minimum absolute atomic E-state index is 0.0337. The van der Waals surface area contributed by atoms with Crippen molar-refractivity contribution >= 4 is 11.9 Å². The summed E-state index contributed by atoms with van der Waals surface area (Å²) in [5, 5.41) is 13.3. The summed E-state index contributed by atoms with van der Waals surface area (Å²) in [4.78, 5) is 25.5. The predicted octanol–water partition coefficient (Wildman–Crippen LogP) is 2.13. The number of likely N-dealkylation sites (tertiary alicyclic amines) is 1. The van der Waals surface area contributed by atoms with Gasteiger partial charge in [0.1, 0.15) is 0 Å². The van der Waals surface area contributed by atoms with E-state index in [1.807, 2.05) is 41.4 Å². The van der Waals surface area contributed by atoms with Crippen LogP contribution in [-0.4, -0.2) is 44.8 Å². The van der Waals surface area contributed by atoms with Gasteiger partial charge in [-0.25, -0.2) is 4.68 Å². The van der Waals surface area contributed by atoms with E-state index < -0.39 is 5.97 Å². The fraction of sp³-hybridized carbons (Fsp3) is 0.421. The van der Waals surface area contributed by atoms with Gasteiger partial charge in [-0.05, 0) is 48.4 Å². The Kier molecular flexibility index (Phi) is 3.82. The number of benzene rings is 1. The van der Waals surface area contributed by atoms with Crippen molar-refractivity contribution in [2.24, 2.45) is 11.3 Å². The average Bonchev–Trinajstić information content (AvgIpc) is 3.06. The molecule has 6 nitrogen and oxygen atoms in total. The standard InChI is InChI=1S/C19H21N3O3/c23-17(21-10-6-19(7-11-21)13-16(19)18(24)25)12-14-2-4-15(5-3-14)22-9-1-8-20-22/h1-5,8-9,16H,6-7,10-13H2,(H,24,25). The minimum Gasteiger partial charge on any atom is -0.481 e. The number of nitrogens with zero attached hydrogens (tertiary/aromatic N) is 3. The predicted molar refractivity (Wildman–Crippen MR) is 91.3 cm³/mol. The zero-order valence-corrected chi connectivity index (χ0v) is 14.0. The van der Waals surface area contributed by atoms with Crippen molar-refractivity contribution in [3.8, 4) is 5.69 Å². The van der Waals surface area contributed by atoms with Crippen LogP contribution < -0.4 is 0 Å². The van der Waals surface area contributed by atoms with E-state index in [-0.39, 0.29) is 17.2 Å². The van der Waals surface area contributed by atoms with Crippen LogP contribution in [-0.2, 0) is 16.0 Å². The second-order valence-corrected chi connectivity index (χ2v) is 7.13. The summed E-state index contributed by atoms with van der Waals surface area (Å²) in [5.41, 5.74) is 1.92. The Bertz CT molecular complexity index is 775. The molecule has 1 saturated carbocycles. The lowest BCUT2D eigenvalue weighted by molar-refractivity contribution is -0.139. The number of hydrogen-bond donors (Lipinski definition) is 1. The van der Waals surface area contributed by atoms with E-state index >= 15 is 0 Å². The van der Waals surface area contributed by atoms with Crippen LogP contribution in [0.3, 0.4) is 0 Å². The highest BCUT2D eigenvalue weighted by molar-refractivity contribution is 5.79. The van der Waals surface area contributed by atoms with Gasteiger partial charge in [-0.1, -0.05) is 12.1 Å². The molecule has 1 spiro atoms. The lowest BCUT2D eigenvalue weighted by Crippen LogP contribution is -2.40. The topological polar surface area (TPSA) is 75.4 Å². The molecular formula is C19H21N3O3. The van der Waals surface area contributed by atoms with Gasteiger partial charge in [0, 0.05) is 25.5 Å². The molecule has 2 heterocycles. The van der Waals surface area contributed by atoms with Crippen LogP contribution in [0.1, 0.15) is 24.8 Å². The molecule has 4 rings (SSSR count). The molecule has 6 heteroatoms. The highest BCUT2D eigenvalue weighted by Crippen LogP contribution is 2.59. The normalized spacial score (nSPS) is 21.3. The number of piperidine rings is 1. The quantitative estimate of drug-likeness (QED) is 0.926. The molecule has 0 radical (unpaired) electrons. The van der Waals surface area contributed by atoms with Crippen LogP contribution >= 0.6 is 0 Å². The number of carbonyl (C=O) groups is 2. The van der Waals surface area contributed by atoms with Crippen molar-refractivity contribution in [1.29, 1.82) is 0 Å². The van der Waals surface area contributed by atoms with Gasteiger partial charge in [0.25, 0.3) is 0 Å². The molecule has 1 N–H and O–H groups in total. The first kappa shape index (κ1) is 15.9. The van der Waals surface area contributed by atoms with Crippen molar-refractivity contribution < 1.29 is 14.7 Å². The zero-order chi connectivity index (χ0) is 17.4. The SMILES string of the molecule is O=C(O)C1CC12CCN(C(=O)Cc1ccc(-n3cccn3)cc1)CC2. The third-order valence-corrected chi connectivity index (χ3v) is 5.66. The number of aliphatic carboxylic acids is 1. The summed E-state index contributed by atoms with van der Waals surface area (Å²) in [7, 11) is 0. The van der Waals surface area contributed by atoms with Crippen LogP contribution in [0.25, 0.3) is 5.69 Å². The average molecular weight is 339 g/mol. The van der Waals surface area contributed by atoms with Crippen LogP contribution in [0.2, 0.25) is 0 Å². The monoisotopic (exact) mass is 339 g/mol. The van der Waals surface area contributed by atoms with Crippen molar-refractivity contribution in [3.05, 3.63) is 48.3 Å². The van der Waals surface area contributed by atoms with E-state index in [9.17, 15) is 9.59 Å². The van der Waals surface area contributed by atoms with Gasteiger partial charge in [-0.3, -0.25) is 9.59 Å². The third-order valence-electron chi connectivity index (χ3n) is 5.66. The molecule has 25 heavy (non-hydrogen) atoms. The second kappa shape index (κ2) is 6.02. The molecule has 0 bridgehead atoms. The molecule has 1 aliphatic carbocycles. The van der Waals surface area contributed by atoms with Gasteiger partial charge < -0.3 is 10.0 Å². The van der Waals surface area contributed by atoms with Crippen LogP contribution in [0.5, 0.6) is 0 Å². The van der Waals surface area contributed by atoms with Gasteiger partial charge in [0.2, 0.25) is 5.91 Å². The molecule has 2 fully saturated rings. The number of hydrogen-bond acceptors (Lipinski definition) is 3. The van der Waals surface area contributed by atoms with Gasteiger partial charge in [-0.15, -0.1) is 0 Å². The Morgan fingerprint density at radius 3 is 2.48 bits per heavy atom. The molecule has 1 aliphatic heterocycles.